The fourth-order valence-corrected chi connectivity index (χ4v) is 2.22. The zero-order chi connectivity index (χ0) is 13.0. The van der Waals surface area contributed by atoms with Gasteiger partial charge in [0.05, 0.1) is 4.90 Å². The van der Waals surface area contributed by atoms with Crippen molar-refractivity contribution in [2.24, 2.45) is 0 Å². The van der Waals surface area contributed by atoms with Crippen LogP contribution in [0.25, 0.3) is 0 Å². The van der Waals surface area contributed by atoms with Crippen LogP contribution in [-0.4, -0.2) is 14.7 Å². The highest BCUT2D eigenvalue weighted by atomic mass is 32.2. The van der Waals surface area contributed by atoms with Crippen molar-refractivity contribution in [1.29, 1.82) is 0 Å². The summed E-state index contributed by atoms with van der Waals surface area (Å²) in [7, 11) is -3.80. The predicted molar refractivity (Wildman–Crippen MR) is 62.5 cm³/mol. The Hall–Kier alpha value is -1.92. The molecule has 0 unspecified atom stereocenters. The number of benzene rings is 1. The van der Waals surface area contributed by atoms with Crippen molar-refractivity contribution < 1.29 is 21.8 Å². The van der Waals surface area contributed by atoms with E-state index in [0.29, 0.717) is 6.29 Å². The molecule has 0 N–H and O–H groups in total. The van der Waals surface area contributed by atoms with Gasteiger partial charge in [-0.3, -0.25) is 8.98 Å². The molecular weight excluding hydrogens is 256 g/mol. The SMILES string of the molecule is O=Cc1ccc(COS(=O)(=O)c2ccccc2)o1. The number of furan rings is 1. The van der Waals surface area contributed by atoms with Gasteiger partial charge in [0.1, 0.15) is 12.4 Å². The maximum atomic E-state index is 11.7. The molecule has 0 atom stereocenters. The number of rotatable bonds is 5. The highest BCUT2D eigenvalue weighted by Gasteiger charge is 2.15. The van der Waals surface area contributed by atoms with Gasteiger partial charge in [-0.1, -0.05) is 18.2 Å². The van der Waals surface area contributed by atoms with Crippen molar-refractivity contribution in [1.82, 2.24) is 0 Å². The molecule has 0 radical (unpaired) electrons. The molecule has 1 heterocycles. The molecule has 1 aromatic heterocycles. The number of carbonyl (C=O) groups excluding carboxylic acids is 1. The van der Waals surface area contributed by atoms with E-state index in [2.05, 4.69) is 0 Å². The number of aldehydes is 1. The first-order valence-electron chi connectivity index (χ1n) is 5.10. The molecule has 0 aliphatic heterocycles. The number of carbonyl (C=O) groups is 1. The molecule has 0 amide bonds. The van der Waals surface area contributed by atoms with Crippen LogP contribution in [0.15, 0.2) is 51.8 Å². The Balaban J connectivity index is 2.08. The number of hydrogen-bond acceptors (Lipinski definition) is 5. The van der Waals surface area contributed by atoms with Crippen molar-refractivity contribution in [2.75, 3.05) is 0 Å². The molecule has 18 heavy (non-hydrogen) atoms. The highest BCUT2D eigenvalue weighted by Crippen LogP contribution is 2.15. The Labute approximate surface area is 104 Å². The summed E-state index contributed by atoms with van der Waals surface area (Å²) >= 11 is 0. The average Bonchev–Trinajstić information content (AvgIpc) is 2.86. The van der Waals surface area contributed by atoms with E-state index in [0.717, 1.165) is 0 Å². The van der Waals surface area contributed by atoms with Gasteiger partial charge in [-0.2, -0.15) is 8.42 Å². The minimum atomic E-state index is -3.80. The molecule has 2 rings (SSSR count). The Morgan fingerprint density at radius 1 is 1.11 bits per heavy atom. The molecule has 1 aromatic carbocycles. The smallest absolute Gasteiger partial charge is 0.297 e. The van der Waals surface area contributed by atoms with E-state index in [1.807, 2.05) is 0 Å². The van der Waals surface area contributed by atoms with Crippen LogP contribution in [0.2, 0.25) is 0 Å². The summed E-state index contributed by atoms with van der Waals surface area (Å²) in [6.07, 6.45) is 0.537. The lowest BCUT2D eigenvalue weighted by atomic mass is 10.4. The second-order valence-electron chi connectivity index (χ2n) is 3.45. The molecule has 0 fully saturated rings. The first kappa shape index (κ1) is 12.5. The molecule has 0 aliphatic carbocycles. The van der Waals surface area contributed by atoms with E-state index in [4.69, 9.17) is 8.60 Å². The molecule has 0 saturated carbocycles. The normalized spacial score (nSPS) is 11.3. The lowest BCUT2D eigenvalue weighted by molar-refractivity contribution is 0.109. The number of hydrogen-bond donors (Lipinski definition) is 0. The minimum absolute atomic E-state index is 0.0761. The molecule has 0 spiro atoms. The van der Waals surface area contributed by atoms with Gasteiger partial charge >= 0.3 is 0 Å². The first-order valence-corrected chi connectivity index (χ1v) is 6.51. The van der Waals surface area contributed by atoms with Crippen LogP contribution in [0.5, 0.6) is 0 Å². The molecular formula is C12H10O5S. The summed E-state index contributed by atoms with van der Waals surface area (Å²) in [5.74, 6) is 0.405. The zero-order valence-electron chi connectivity index (χ0n) is 9.28. The van der Waals surface area contributed by atoms with Gasteiger partial charge in [-0.25, -0.2) is 0 Å². The zero-order valence-corrected chi connectivity index (χ0v) is 10.1. The van der Waals surface area contributed by atoms with Gasteiger partial charge in [0.15, 0.2) is 12.0 Å². The fraction of sp³-hybridized carbons (Fsp3) is 0.0833. The maximum Gasteiger partial charge on any atom is 0.297 e. The lowest BCUT2D eigenvalue weighted by Gasteiger charge is -2.03. The van der Waals surface area contributed by atoms with E-state index in [1.165, 1.54) is 24.3 Å². The Morgan fingerprint density at radius 3 is 2.44 bits per heavy atom. The largest absolute Gasteiger partial charge is 0.456 e. The lowest BCUT2D eigenvalue weighted by Crippen LogP contribution is -2.05. The Morgan fingerprint density at radius 2 is 1.83 bits per heavy atom. The average molecular weight is 266 g/mol. The third kappa shape index (κ3) is 2.85. The van der Waals surface area contributed by atoms with E-state index in [9.17, 15) is 13.2 Å². The van der Waals surface area contributed by atoms with Gasteiger partial charge in [0.25, 0.3) is 10.1 Å². The van der Waals surface area contributed by atoms with Crippen molar-refractivity contribution in [3.8, 4) is 0 Å². The summed E-state index contributed by atoms with van der Waals surface area (Å²) in [6, 6.07) is 10.7. The van der Waals surface area contributed by atoms with E-state index < -0.39 is 10.1 Å². The molecule has 0 bridgehead atoms. The standard InChI is InChI=1S/C12H10O5S/c13-8-10-6-7-11(17-10)9-16-18(14,15)12-4-2-1-3-5-12/h1-8H,9H2. The Bertz CT molecular complexity index is 627. The van der Waals surface area contributed by atoms with Crippen LogP contribution in [0.3, 0.4) is 0 Å². The summed E-state index contributed by atoms with van der Waals surface area (Å²) in [5.41, 5.74) is 0. The molecule has 6 heteroatoms. The van der Waals surface area contributed by atoms with Gasteiger partial charge < -0.3 is 4.42 Å². The van der Waals surface area contributed by atoms with E-state index in [-0.39, 0.29) is 23.0 Å². The molecule has 0 saturated heterocycles. The Kier molecular flexibility index (Phi) is 3.59. The van der Waals surface area contributed by atoms with Gasteiger partial charge in [-0.15, -0.1) is 0 Å². The van der Waals surface area contributed by atoms with Crippen LogP contribution >= 0.6 is 0 Å². The minimum Gasteiger partial charge on any atom is -0.456 e. The van der Waals surface area contributed by atoms with Crippen LogP contribution in [0.4, 0.5) is 0 Å². The van der Waals surface area contributed by atoms with E-state index >= 15 is 0 Å². The second kappa shape index (κ2) is 5.16. The summed E-state index contributed by atoms with van der Waals surface area (Å²) in [5, 5.41) is 0. The van der Waals surface area contributed by atoms with Crippen molar-refractivity contribution in [2.45, 2.75) is 11.5 Å². The highest BCUT2D eigenvalue weighted by molar-refractivity contribution is 7.86. The van der Waals surface area contributed by atoms with Gasteiger partial charge in [0.2, 0.25) is 0 Å². The summed E-state index contributed by atoms with van der Waals surface area (Å²) in [6.45, 7) is -0.245. The van der Waals surface area contributed by atoms with Crippen LogP contribution in [0.1, 0.15) is 16.3 Å². The molecule has 0 aliphatic rings. The topological polar surface area (TPSA) is 73.6 Å². The van der Waals surface area contributed by atoms with E-state index in [1.54, 1.807) is 18.2 Å². The summed E-state index contributed by atoms with van der Waals surface area (Å²) < 4.78 is 33.3. The third-order valence-corrected chi connectivity index (χ3v) is 3.46. The van der Waals surface area contributed by atoms with Gasteiger partial charge in [-0.05, 0) is 24.3 Å². The molecule has 5 nitrogen and oxygen atoms in total. The fourth-order valence-electron chi connectivity index (χ4n) is 1.33. The molecule has 2 aromatic rings. The van der Waals surface area contributed by atoms with Crippen LogP contribution < -0.4 is 0 Å². The summed E-state index contributed by atoms with van der Waals surface area (Å²) in [4.78, 5) is 10.5. The predicted octanol–water partition coefficient (Wildman–Crippen LogP) is 2.00. The first-order chi connectivity index (χ1) is 8.62. The maximum absolute atomic E-state index is 11.7. The third-order valence-electron chi connectivity index (χ3n) is 2.19. The van der Waals surface area contributed by atoms with Crippen LogP contribution in [-0.2, 0) is 20.9 Å². The van der Waals surface area contributed by atoms with Crippen LogP contribution in [0, 0.1) is 0 Å². The second-order valence-corrected chi connectivity index (χ2v) is 5.07. The van der Waals surface area contributed by atoms with Gasteiger partial charge in [0, 0.05) is 0 Å². The molecule has 94 valence electrons. The quantitative estimate of drug-likeness (QED) is 0.611. The van der Waals surface area contributed by atoms with Crippen molar-refractivity contribution >= 4 is 16.4 Å². The van der Waals surface area contributed by atoms with Crippen molar-refractivity contribution in [3.05, 3.63) is 54.0 Å². The van der Waals surface area contributed by atoms with Crippen molar-refractivity contribution in [3.63, 3.8) is 0 Å². The monoisotopic (exact) mass is 266 g/mol.